The maximum absolute atomic E-state index is 4.07. The molecule has 1 atom stereocenters. The van der Waals surface area contributed by atoms with Crippen LogP contribution in [0.4, 0.5) is 0 Å². The van der Waals surface area contributed by atoms with Gasteiger partial charge in [-0.2, -0.15) is 0 Å². The summed E-state index contributed by atoms with van der Waals surface area (Å²) in [4.78, 5) is 4.07. The highest BCUT2D eigenvalue weighted by molar-refractivity contribution is 5.35. The van der Waals surface area contributed by atoms with Crippen molar-refractivity contribution in [1.82, 2.24) is 14.9 Å². The lowest BCUT2D eigenvalue weighted by Crippen LogP contribution is -2.21. The highest BCUT2D eigenvalue weighted by Crippen LogP contribution is 2.24. The highest BCUT2D eigenvalue weighted by Gasteiger charge is 2.11. The van der Waals surface area contributed by atoms with E-state index in [-0.39, 0.29) is 0 Å². The summed E-state index contributed by atoms with van der Waals surface area (Å²) in [6.45, 7) is 4.34. The molecule has 0 saturated carbocycles. The SMILES string of the molecule is CC(NCCCn1ccnc1)c1ccc2c(c1)CCCC2. The Bertz CT molecular complexity index is 560. The molecule has 1 aromatic carbocycles. The molecule has 1 aliphatic rings. The zero-order valence-corrected chi connectivity index (χ0v) is 12.9. The smallest absolute Gasteiger partial charge is 0.0945 e. The molecular formula is C18H25N3. The quantitative estimate of drug-likeness (QED) is 0.822. The molecule has 1 heterocycles. The minimum Gasteiger partial charge on any atom is -0.337 e. The molecule has 0 saturated heterocycles. The van der Waals surface area contributed by atoms with E-state index in [1.165, 1.54) is 31.2 Å². The van der Waals surface area contributed by atoms with Crippen LogP contribution in [0, 0.1) is 0 Å². The molecule has 3 heteroatoms. The van der Waals surface area contributed by atoms with E-state index < -0.39 is 0 Å². The molecule has 3 nitrogen and oxygen atoms in total. The largest absolute Gasteiger partial charge is 0.337 e. The first-order valence-corrected chi connectivity index (χ1v) is 8.14. The van der Waals surface area contributed by atoms with Crippen LogP contribution in [0.2, 0.25) is 0 Å². The van der Waals surface area contributed by atoms with E-state index in [1.54, 1.807) is 11.1 Å². The number of benzene rings is 1. The summed E-state index contributed by atoms with van der Waals surface area (Å²) in [7, 11) is 0. The molecule has 0 fully saturated rings. The van der Waals surface area contributed by atoms with Gasteiger partial charge in [0.05, 0.1) is 6.33 Å². The summed E-state index contributed by atoms with van der Waals surface area (Å²) in [6, 6.07) is 7.49. The Morgan fingerprint density at radius 3 is 2.90 bits per heavy atom. The van der Waals surface area contributed by atoms with Crippen LogP contribution < -0.4 is 5.32 Å². The van der Waals surface area contributed by atoms with Gasteiger partial charge in [-0.05, 0) is 62.3 Å². The predicted octanol–water partition coefficient (Wildman–Crippen LogP) is 3.50. The number of aromatic nitrogens is 2. The fourth-order valence-electron chi connectivity index (χ4n) is 3.14. The molecule has 0 radical (unpaired) electrons. The van der Waals surface area contributed by atoms with Crippen molar-refractivity contribution in [2.75, 3.05) is 6.54 Å². The number of hydrogen-bond donors (Lipinski definition) is 1. The van der Waals surface area contributed by atoms with Crippen molar-refractivity contribution >= 4 is 0 Å². The minimum atomic E-state index is 0.431. The van der Waals surface area contributed by atoms with Crippen molar-refractivity contribution in [3.8, 4) is 0 Å². The Morgan fingerprint density at radius 1 is 1.24 bits per heavy atom. The van der Waals surface area contributed by atoms with Crippen LogP contribution in [-0.4, -0.2) is 16.1 Å². The van der Waals surface area contributed by atoms with Gasteiger partial charge in [0, 0.05) is 25.0 Å². The number of fused-ring (bicyclic) bond motifs is 1. The topological polar surface area (TPSA) is 29.9 Å². The van der Waals surface area contributed by atoms with Crippen molar-refractivity contribution in [3.05, 3.63) is 53.6 Å². The van der Waals surface area contributed by atoms with E-state index in [2.05, 4.69) is 40.0 Å². The summed E-state index contributed by atoms with van der Waals surface area (Å²) in [5.41, 5.74) is 4.57. The second-order valence-electron chi connectivity index (χ2n) is 6.07. The second kappa shape index (κ2) is 6.90. The standard InChI is InChI=1S/C18H25N3/c1-15(20-9-4-11-21-12-10-19-14-21)17-8-7-16-5-2-3-6-18(16)13-17/h7-8,10,12-15,20H,2-6,9,11H2,1H3. The monoisotopic (exact) mass is 283 g/mol. The molecular weight excluding hydrogens is 258 g/mol. The first-order valence-electron chi connectivity index (χ1n) is 8.14. The first-order chi connectivity index (χ1) is 10.3. The van der Waals surface area contributed by atoms with Crippen LogP contribution in [0.15, 0.2) is 36.9 Å². The molecule has 0 spiro atoms. The molecule has 1 aromatic heterocycles. The van der Waals surface area contributed by atoms with Gasteiger partial charge >= 0.3 is 0 Å². The third kappa shape index (κ3) is 3.73. The number of nitrogens with zero attached hydrogens (tertiary/aromatic N) is 2. The van der Waals surface area contributed by atoms with Crippen molar-refractivity contribution in [2.24, 2.45) is 0 Å². The van der Waals surface area contributed by atoms with Crippen LogP contribution in [-0.2, 0) is 19.4 Å². The van der Waals surface area contributed by atoms with Crippen LogP contribution >= 0.6 is 0 Å². The third-order valence-electron chi connectivity index (χ3n) is 4.48. The van der Waals surface area contributed by atoms with Gasteiger partial charge < -0.3 is 9.88 Å². The number of aryl methyl sites for hydroxylation is 3. The lowest BCUT2D eigenvalue weighted by Gasteiger charge is -2.20. The summed E-state index contributed by atoms with van der Waals surface area (Å²) in [5, 5.41) is 3.63. The van der Waals surface area contributed by atoms with E-state index in [0.717, 1.165) is 19.5 Å². The summed E-state index contributed by atoms with van der Waals surface area (Å²) in [6.07, 6.45) is 12.1. The molecule has 1 N–H and O–H groups in total. The average Bonchev–Trinajstić information content (AvgIpc) is 3.04. The Labute approximate surface area is 127 Å². The summed E-state index contributed by atoms with van der Waals surface area (Å²) in [5.74, 6) is 0. The number of rotatable bonds is 6. The fourth-order valence-corrected chi connectivity index (χ4v) is 3.14. The van der Waals surface area contributed by atoms with Crippen molar-refractivity contribution in [2.45, 2.75) is 51.6 Å². The Balaban J connectivity index is 1.49. The van der Waals surface area contributed by atoms with Crippen LogP contribution in [0.5, 0.6) is 0 Å². The maximum Gasteiger partial charge on any atom is 0.0945 e. The van der Waals surface area contributed by atoms with Crippen LogP contribution in [0.3, 0.4) is 0 Å². The second-order valence-corrected chi connectivity index (χ2v) is 6.07. The molecule has 0 amide bonds. The molecule has 112 valence electrons. The van der Waals surface area contributed by atoms with Crippen molar-refractivity contribution in [1.29, 1.82) is 0 Å². The van der Waals surface area contributed by atoms with Gasteiger partial charge in [0.15, 0.2) is 0 Å². The maximum atomic E-state index is 4.07. The highest BCUT2D eigenvalue weighted by atomic mass is 15.0. The Morgan fingerprint density at radius 2 is 2.10 bits per heavy atom. The molecule has 1 unspecified atom stereocenters. The van der Waals surface area contributed by atoms with Gasteiger partial charge in [0.25, 0.3) is 0 Å². The van der Waals surface area contributed by atoms with Crippen LogP contribution in [0.25, 0.3) is 0 Å². The minimum absolute atomic E-state index is 0.431. The molecule has 0 bridgehead atoms. The molecule has 0 aliphatic heterocycles. The molecule has 1 aliphatic carbocycles. The molecule has 21 heavy (non-hydrogen) atoms. The Kier molecular flexibility index (Phi) is 4.71. The number of imidazole rings is 1. The summed E-state index contributed by atoms with van der Waals surface area (Å²) >= 11 is 0. The molecule has 2 aromatic rings. The molecule has 3 rings (SSSR count). The zero-order chi connectivity index (χ0) is 14.5. The normalized spacial score (nSPS) is 15.7. The lowest BCUT2D eigenvalue weighted by atomic mass is 9.89. The fraction of sp³-hybridized carbons (Fsp3) is 0.500. The van der Waals surface area contributed by atoms with Crippen LogP contribution in [0.1, 0.15) is 48.9 Å². The van der Waals surface area contributed by atoms with Crippen molar-refractivity contribution < 1.29 is 0 Å². The lowest BCUT2D eigenvalue weighted by molar-refractivity contribution is 0.526. The number of hydrogen-bond acceptors (Lipinski definition) is 2. The predicted molar refractivity (Wildman–Crippen MR) is 86.3 cm³/mol. The first kappa shape index (κ1) is 14.3. The van der Waals surface area contributed by atoms with Crippen molar-refractivity contribution in [3.63, 3.8) is 0 Å². The number of nitrogens with one attached hydrogen (secondary N) is 1. The van der Waals surface area contributed by atoms with Gasteiger partial charge in [-0.15, -0.1) is 0 Å². The van der Waals surface area contributed by atoms with Gasteiger partial charge in [-0.1, -0.05) is 18.2 Å². The van der Waals surface area contributed by atoms with Gasteiger partial charge in [0.2, 0.25) is 0 Å². The van der Waals surface area contributed by atoms with E-state index >= 15 is 0 Å². The van der Waals surface area contributed by atoms with E-state index in [4.69, 9.17) is 0 Å². The Hall–Kier alpha value is -1.61. The third-order valence-corrected chi connectivity index (χ3v) is 4.48. The van der Waals surface area contributed by atoms with Gasteiger partial charge in [-0.3, -0.25) is 0 Å². The van der Waals surface area contributed by atoms with Gasteiger partial charge in [-0.25, -0.2) is 4.98 Å². The van der Waals surface area contributed by atoms with E-state index in [0.29, 0.717) is 6.04 Å². The average molecular weight is 283 g/mol. The zero-order valence-electron chi connectivity index (χ0n) is 12.9. The summed E-state index contributed by atoms with van der Waals surface area (Å²) < 4.78 is 2.13. The van der Waals surface area contributed by atoms with E-state index in [9.17, 15) is 0 Å². The van der Waals surface area contributed by atoms with Gasteiger partial charge in [0.1, 0.15) is 0 Å². The van der Waals surface area contributed by atoms with E-state index in [1.807, 2.05) is 18.7 Å².